The molecule has 35 heavy (non-hydrogen) atoms. The van der Waals surface area contributed by atoms with Crippen LogP contribution in [0.3, 0.4) is 0 Å². The van der Waals surface area contributed by atoms with Crippen molar-refractivity contribution >= 4 is 28.8 Å². The van der Waals surface area contributed by atoms with Gasteiger partial charge < -0.3 is 14.2 Å². The van der Waals surface area contributed by atoms with Gasteiger partial charge in [-0.15, -0.1) is 0 Å². The third kappa shape index (κ3) is 5.49. The van der Waals surface area contributed by atoms with Crippen LogP contribution in [0.2, 0.25) is 0 Å². The Hall–Kier alpha value is -3.77. The number of nitrogens with zero attached hydrogens (tertiary/aromatic N) is 1. The quantitative estimate of drug-likeness (QED) is 0.230. The summed E-state index contributed by atoms with van der Waals surface area (Å²) in [6.45, 7) is 2.55. The Bertz CT molecular complexity index is 1370. The average molecular weight is 483 g/mol. The van der Waals surface area contributed by atoms with Gasteiger partial charge in [0.2, 0.25) is 0 Å². The maximum atomic E-state index is 12.7. The van der Waals surface area contributed by atoms with E-state index < -0.39 is 0 Å². The van der Waals surface area contributed by atoms with E-state index in [2.05, 4.69) is 34.6 Å². The molecule has 5 rings (SSSR count). The molecule has 0 unspecified atom stereocenters. The number of hydrogen-bond acceptors (Lipinski definition) is 5. The van der Waals surface area contributed by atoms with E-state index in [1.54, 1.807) is 6.07 Å². The Morgan fingerprint density at radius 1 is 0.886 bits per heavy atom. The van der Waals surface area contributed by atoms with Crippen LogP contribution in [0.5, 0.6) is 0 Å². The maximum absolute atomic E-state index is 12.7. The van der Waals surface area contributed by atoms with Crippen molar-refractivity contribution in [1.29, 1.82) is 0 Å². The Balaban J connectivity index is 1.17. The topological polar surface area (TPSA) is 68.3 Å². The molecule has 0 fully saturated rings. The normalized spacial score (nSPS) is 11.3. The number of nitrogens with one attached hydrogen (secondary N) is 1. The van der Waals surface area contributed by atoms with E-state index >= 15 is 0 Å². The van der Waals surface area contributed by atoms with Gasteiger partial charge in [-0.05, 0) is 48.2 Å². The second-order valence-corrected chi connectivity index (χ2v) is 9.30. The van der Waals surface area contributed by atoms with Crippen LogP contribution in [0.15, 0.2) is 105 Å². The number of carbonyl (C=O) groups excluding carboxylic acids is 1. The number of aryl methyl sites for hydroxylation is 1. The van der Waals surface area contributed by atoms with Gasteiger partial charge in [0.05, 0.1) is 5.75 Å². The summed E-state index contributed by atoms with van der Waals surface area (Å²) in [6.07, 6.45) is 0.792. The highest BCUT2D eigenvalue weighted by molar-refractivity contribution is 7.98. The molecular formula is C29H26N2O3S. The standard InChI is InChI=1S/C29H26N2O3S/c1-20-9-8-14-25-27(20)31-29(34-25)35-19-23-15-16-26(33-23)28(32)30-18-17-24(21-10-4-2-5-11-21)22-12-6-3-7-13-22/h2-16,24H,17-19H2,1H3,(H,30,32). The summed E-state index contributed by atoms with van der Waals surface area (Å²) in [5, 5.41) is 3.60. The van der Waals surface area contributed by atoms with Crippen molar-refractivity contribution in [2.24, 2.45) is 0 Å². The van der Waals surface area contributed by atoms with Crippen molar-refractivity contribution in [3.8, 4) is 0 Å². The summed E-state index contributed by atoms with van der Waals surface area (Å²) in [5.74, 6) is 1.54. The van der Waals surface area contributed by atoms with Crippen molar-refractivity contribution in [3.63, 3.8) is 0 Å². The average Bonchev–Trinajstić information content (AvgIpc) is 3.54. The first-order chi connectivity index (χ1) is 17.2. The van der Waals surface area contributed by atoms with Gasteiger partial charge in [-0.2, -0.15) is 0 Å². The van der Waals surface area contributed by atoms with Crippen LogP contribution in [0.4, 0.5) is 0 Å². The fourth-order valence-electron chi connectivity index (χ4n) is 4.15. The van der Waals surface area contributed by atoms with E-state index in [1.165, 1.54) is 22.9 Å². The molecule has 6 heteroatoms. The SMILES string of the molecule is Cc1cccc2oc(SCc3ccc(C(=O)NCCC(c4ccccc4)c4ccccc4)o3)nc12. The molecule has 2 aromatic heterocycles. The first-order valence-corrected chi connectivity index (χ1v) is 12.6. The number of oxazole rings is 1. The molecule has 0 spiro atoms. The molecule has 1 amide bonds. The predicted molar refractivity (Wildman–Crippen MR) is 139 cm³/mol. The third-order valence-electron chi connectivity index (χ3n) is 5.95. The van der Waals surface area contributed by atoms with Crippen LogP contribution in [-0.2, 0) is 5.75 Å². The van der Waals surface area contributed by atoms with Crippen molar-refractivity contribution in [2.75, 3.05) is 6.54 Å². The lowest BCUT2D eigenvalue weighted by Crippen LogP contribution is -2.25. The van der Waals surface area contributed by atoms with E-state index in [0.29, 0.717) is 29.0 Å². The van der Waals surface area contributed by atoms with Gasteiger partial charge in [0.25, 0.3) is 11.1 Å². The summed E-state index contributed by atoms with van der Waals surface area (Å²) < 4.78 is 11.6. The molecule has 5 aromatic rings. The molecule has 0 aliphatic carbocycles. The second kappa shape index (κ2) is 10.7. The summed E-state index contributed by atoms with van der Waals surface area (Å²) in [7, 11) is 0. The van der Waals surface area contributed by atoms with Crippen LogP contribution < -0.4 is 5.32 Å². The summed E-state index contributed by atoms with van der Waals surface area (Å²) in [4.78, 5) is 17.3. The molecular weight excluding hydrogens is 456 g/mol. The molecule has 2 heterocycles. The van der Waals surface area contributed by atoms with Gasteiger partial charge in [-0.25, -0.2) is 4.98 Å². The number of aromatic nitrogens is 1. The maximum Gasteiger partial charge on any atom is 0.286 e. The van der Waals surface area contributed by atoms with Crippen LogP contribution in [-0.4, -0.2) is 17.4 Å². The fraction of sp³-hybridized carbons (Fsp3) is 0.172. The lowest BCUT2D eigenvalue weighted by molar-refractivity contribution is 0.0923. The monoisotopic (exact) mass is 482 g/mol. The highest BCUT2D eigenvalue weighted by Crippen LogP contribution is 2.29. The number of furan rings is 1. The van der Waals surface area contributed by atoms with Gasteiger partial charge in [0.1, 0.15) is 11.3 Å². The zero-order valence-electron chi connectivity index (χ0n) is 19.4. The molecule has 176 valence electrons. The molecule has 0 saturated carbocycles. The van der Waals surface area contributed by atoms with Crippen LogP contribution in [0.1, 0.15) is 45.3 Å². The minimum Gasteiger partial charge on any atom is -0.455 e. The minimum absolute atomic E-state index is 0.209. The smallest absolute Gasteiger partial charge is 0.286 e. The van der Waals surface area contributed by atoms with Crippen LogP contribution in [0.25, 0.3) is 11.1 Å². The number of benzene rings is 3. The lowest BCUT2D eigenvalue weighted by atomic mass is 9.88. The molecule has 1 N–H and O–H groups in total. The Labute approximate surface area is 208 Å². The number of hydrogen-bond donors (Lipinski definition) is 1. The largest absolute Gasteiger partial charge is 0.455 e. The lowest BCUT2D eigenvalue weighted by Gasteiger charge is -2.18. The molecule has 3 aromatic carbocycles. The number of carbonyl (C=O) groups is 1. The van der Waals surface area contributed by atoms with Gasteiger partial charge in [0, 0.05) is 12.5 Å². The summed E-state index contributed by atoms with van der Waals surface area (Å²) in [5.41, 5.74) is 5.20. The second-order valence-electron chi connectivity index (χ2n) is 8.37. The van der Waals surface area contributed by atoms with E-state index in [9.17, 15) is 4.79 Å². The number of amides is 1. The zero-order chi connectivity index (χ0) is 24.0. The van der Waals surface area contributed by atoms with Crippen LogP contribution >= 0.6 is 11.8 Å². The Morgan fingerprint density at radius 2 is 1.60 bits per heavy atom. The first-order valence-electron chi connectivity index (χ1n) is 11.6. The Morgan fingerprint density at radius 3 is 2.29 bits per heavy atom. The van der Waals surface area contributed by atoms with E-state index in [-0.39, 0.29) is 11.8 Å². The molecule has 0 radical (unpaired) electrons. The number of thioether (sulfide) groups is 1. The van der Waals surface area contributed by atoms with Gasteiger partial charge >= 0.3 is 0 Å². The highest BCUT2D eigenvalue weighted by Gasteiger charge is 2.16. The first kappa shape index (κ1) is 23.0. The van der Waals surface area contributed by atoms with E-state index in [4.69, 9.17) is 8.83 Å². The third-order valence-corrected chi connectivity index (χ3v) is 6.80. The van der Waals surface area contributed by atoms with Crippen molar-refractivity contribution in [1.82, 2.24) is 10.3 Å². The number of rotatable bonds is 9. The van der Waals surface area contributed by atoms with E-state index in [1.807, 2.05) is 67.6 Å². The minimum atomic E-state index is -0.210. The van der Waals surface area contributed by atoms with Crippen molar-refractivity contribution in [3.05, 3.63) is 119 Å². The zero-order valence-corrected chi connectivity index (χ0v) is 20.3. The highest BCUT2D eigenvalue weighted by atomic mass is 32.2. The summed E-state index contributed by atoms with van der Waals surface area (Å²) in [6, 6.07) is 30.2. The molecule has 0 aliphatic heterocycles. The molecule has 0 saturated heterocycles. The summed E-state index contributed by atoms with van der Waals surface area (Å²) >= 11 is 1.45. The molecule has 0 bridgehead atoms. The van der Waals surface area contributed by atoms with Crippen molar-refractivity contribution < 1.29 is 13.6 Å². The van der Waals surface area contributed by atoms with Gasteiger partial charge in [-0.1, -0.05) is 84.6 Å². The number of fused-ring (bicyclic) bond motifs is 1. The predicted octanol–water partition coefficient (Wildman–Crippen LogP) is 6.97. The van der Waals surface area contributed by atoms with Gasteiger partial charge in [0.15, 0.2) is 11.3 Å². The van der Waals surface area contributed by atoms with Crippen molar-refractivity contribution in [2.45, 2.75) is 30.2 Å². The Kier molecular flexibility index (Phi) is 7.00. The van der Waals surface area contributed by atoms with Gasteiger partial charge in [-0.3, -0.25) is 4.79 Å². The number of para-hydroxylation sites is 1. The van der Waals surface area contributed by atoms with Crippen LogP contribution in [0, 0.1) is 6.92 Å². The molecule has 5 nitrogen and oxygen atoms in total. The van der Waals surface area contributed by atoms with E-state index in [0.717, 1.165) is 23.1 Å². The fourth-order valence-corrected chi connectivity index (χ4v) is 4.88. The molecule has 0 atom stereocenters. The molecule has 0 aliphatic rings.